The Labute approximate surface area is 160 Å². The van der Waals surface area contributed by atoms with Crippen LogP contribution in [0.2, 0.25) is 0 Å². The maximum atomic E-state index is 13.5. The lowest BCUT2D eigenvalue weighted by Crippen LogP contribution is -2.61. The summed E-state index contributed by atoms with van der Waals surface area (Å²) >= 11 is 0. The predicted molar refractivity (Wildman–Crippen MR) is 93.8 cm³/mol. The maximum absolute atomic E-state index is 13.5. The van der Waals surface area contributed by atoms with Gasteiger partial charge in [-0.3, -0.25) is 4.79 Å². The zero-order chi connectivity index (χ0) is 20.4. The Hall–Kier alpha value is -2.84. The molecule has 148 valence electrons. The fourth-order valence-electron chi connectivity index (χ4n) is 3.13. The van der Waals surface area contributed by atoms with Crippen molar-refractivity contribution in [3.63, 3.8) is 0 Å². The highest BCUT2D eigenvalue weighted by Crippen LogP contribution is 2.32. The Balaban J connectivity index is 1.94. The number of hydrogen-bond donors (Lipinski definition) is 3. The molecule has 0 spiro atoms. The van der Waals surface area contributed by atoms with E-state index in [1.54, 1.807) is 6.07 Å². The molecular formula is C18H19FN4O5. The number of benzene rings is 1. The van der Waals surface area contributed by atoms with E-state index in [4.69, 9.17) is 11.2 Å². The third-order valence-electron chi connectivity index (χ3n) is 4.63. The van der Waals surface area contributed by atoms with Crippen molar-refractivity contribution < 1.29 is 29.2 Å². The zero-order valence-electron chi connectivity index (χ0n) is 14.9. The second kappa shape index (κ2) is 8.04. The van der Waals surface area contributed by atoms with Crippen LogP contribution in [0.5, 0.6) is 0 Å². The second-order valence-electron chi connectivity index (χ2n) is 6.37. The summed E-state index contributed by atoms with van der Waals surface area (Å²) in [6.45, 7) is -0.565. The second-order valence-corrected chi connectivity index (χ2v) is 6.37. The molecule has 3 rings (SSSR count). The lowest BCUT2D eigenvalue weighted by Gasteiger charge is -2.44. The Bertz CT molecular complexity index is 898. The molecule has 5 atom stereocenters. The Morgan fingerprint density at radius 3 is 2.82 bits per heavy atom. The number of nitrogens with zero attached hydrogens (tertiary/aromatic N) is 4. The number of carbonyl (C=O) groups excluding carboxylic acids is 1. The molecule has 0 radical (unpaired) electrons. The van der Waals surface area contributed by atoms with Gasteiger partial charge >= 0.3 is 0 Å². The van der Waals surface area contributed by atoms with Crippen molar-refractivity contribution in [1.29, 1.82) is 0 Å². The molecule has 1 saturated heterocycles. The summed E-state index contributed by atoms with van der Waals surface area (Å²) in [7, 11) is 1.33. The van der Waals surface area contributed by atoms with Gasteiger partial charge in [0, 0.05) is 12.6 Å². The topological polar surface area (TPSA) is 121 Å². The number of ether oxygens (including phenoxy) is 1. The van der Waals surface area contributed by atoms with Gasteiger partial charge in [-0.1, -0.05) is 17.3 Å². The van der Waals surface area contributed by atoms with E-state index in [0.717, 1.165) is 4.90 Å². The van der Waals surface area contributed by atoms with Gasteiger partial charge in [0.2, 0.25) is 0 Å². The fraction of sp³-hybridized carbons (Fsp3) is 0.389. The molecule has 1 fully saturated rings. The summed E-state index contributed by atoms with van der Waals surface area (Å²) in [5.74, 6) is 0.721. The van der Waals surface area contributed by atoms with E-state index in [9.17, 15) is 24.5 Å². The van der Waals surface area contributed by atoms with E-state index in [0.29, 0.717) is 11.3 Å². The van der Waals surface area contributed by atoms with Crippen LogP contribution in [0.4, 0.5) is 4.39 Å². The van der Waals surface area contributed by atoms with Crippen LogP contribution in [0.15, 0.2) is 30.5 Å². The third kappa shape index (κ3) is 3.61. The van der Waals surface area contributed by atoms with Gasteiger partial charge in [-0.25, -0.2) is 9.07 Å². The molecule has 3 N–H and O–H groups in total. The van der Waals surface area contributed by atoms with Gasteiger partial charge in [0.25, 0.3) is 5.91 Å². The normalized spacial score (nSPS) is 27.2. The first-order valence-corrected chi connectivity index (χ1v) is 8.41. The van der Waals surface area contributed by atoms with Crippen LogP contribution in [-0.4, -0.2) is 79.3 Å². The third-order valence-corrected chi connectivity index (χ3v) is 4.63. The molecule has 0 bridgehead atoms. The minimum atomic E-state index is -1.43. The fourth-order valence-corrected chi connectivity index (χ4v) is 3.13. The van der Waals surface area contributed by atoms with Crippen LogP contribution in [0.1, 0.15) is 6.04 Å². The van der Waals surface area contributed by atoms with Crippen LogP contribution in [0.25, 0.3) is 11.3 Å². The van der Waals surface area contributed by atoms with Crippen molar-refractivity contribution in [2.24, 2.45) is 0 Å². The van der Waals surface area contributed by atoms with Crippen molar-refractivity contribution in [2.45, 2.75) is 30.6 Å². The Kier molecular flexibility index (Phi) is 5.71. The molecule has 0 aliphatic carbocycles. The molecule has 1 aliphatic heterocycles. The summed E-state index contributed by atoms with van der Waals surface area (Å²) in [5, 5.41) is 38.7. The first kappa shape index (κ1) is 19.9. The Morgan fingerprint density at radius 1 is 1.43 bits per heavy atom. The summed E-state index contributed by atoms with van der Waals surface area (Å²) in [4.78, 5) is 12.8. The number of rotatable bonds is 4. The van der Waals surface area contributed by atoms with Gasteiger partial charge < -0.3 is 25.0 Å². The first-order chi connectivity index (χ1) is 13.4. The number of halogens is 1. The highest BCUT2D eigenvalue weighted by atomic mass is 19.1. The lowest BCUT2D eigenvalue weighted by molar-refractivity contribution is -0.240. The molecule has 1 amide bonds. The molecule has 2 heterocycles. The number of carbonyl (C=O) groups is 1. The SMILES string of the molecule is C#CC(=O)N(C)C1O[C@H](CO)[C@H](O)[C@H](n2cc(-c3cccc(F)c3)nn2)[C@H]1O. The standard InChI is InChI=1S/C18H19FN4O5/c1-3-14(25)22(2)18-17(27)15(16(26)13(9-24)28-18)23-8-12(20-21-23)10-5-4-6-11(19)7-10/h1,4-8,13,15-18,24,26-27H,9H2,2H3/t13-,15+,16+,17-,18?/m1/s1. The van der Waals surface area contributed by atoms with Crippen LogP contribution in [0.3, 0.4) is 0 Å². The summed E-state index contributed by atoms with van der Waals surface area (Å²) in [6, 6.07) is 4.60. The van der Waals surface area contributed by atoms with Gasteiger partial charge in [0.1, 0.15) is 35.9 Å². The monoisotopic (exact) mass is 390 g/mol. The van der Waals surface area contributed by atoms with Gasteiger partial charge in [-0.2, -0.15) is 0 Å². The largest absolute Gasteiger partial charge is 0.394 e. The van der Waals surface area contributed by atoms with Gasteiger partial charge in [0.05, 0.1) is 12.8 Å². The summed E-state index contributed by atoms with van der Waals surface area (Å²) in [6.07, 6.45) is 1.42. The molecule has 10 heteroatoms. The van der Waals surface area contributed by atoms with E-state index in [-0.39, 0.29) is 0 Å². The molecule has 1 aliphatic rings. The molecule has 2 aromatic rings. The number of aromatic nitrogens is 3. The Morgan fingerprint density at radius 2 is 2.18 bits per heavy atom. The van der Waals surface area contributed by atoms with Gasteiger partial charge in [-0.15, -0.1) is 11.5 Å². The molecule has 1 aromatic carbocycles. The van der Waals surface area contributed by atoms with Gasteiger partial charge in [0.15, 0.2) is 6.23 Å². The van der Waals surface area contributed by atoms with E-state index in [1.807, 2.05) is 5.92 Å². The van der Waals surface area contributed by atoms with Crippen molar-refractivity contribution in [3.8, 4) is 23.6 Å². The van der Waals surface area contributed by atoms with Crippen molar-refractivity contribution in [1.82, 2.24) is 19.9 Å². The number of terminal acetylenes is 1. The zero-order valence-corrected chi connectivity index (χ0v) is 14.9. The van der Waals surface area contributed by atoms with Crippen LogP contribution in [-0.2, 0) is 9.53 Å². The van der Waals surface area contributed by atoms with Crippen LogP contribution >= 0.6 is 0 Å². The van der Waals surface area contributed by atoms with Crippen molar-refractivity contribution >= 4 is 5.91 Å². The number of hydrogen-bond acceptors (Lipinski definition) is 7. The number of amides is 1. The molecule has 0 saturated carbocycles. The van der Waals surface area contributed by atoms with Crippen molar-refractivity contribution in [3.05, 3.63) is 36.3 Å². The molecule has 1 aromatic heterocycles. The maximum Gasteiger partial charge on any atom is 0.300 e. The van der Waals surface area contributed by atoms with E-state index in [1.165, 1.54) is 36.1 Å². The van der Waals surface area contributed by atoms with Crippen LogP contribution in [0, 0.1) is 18.2 Å². The van der Waals surface area contributed by atoms with Crippen LogP contribution < -0.4 is 0 Å². The highest BCUT2D eigenvalue weighted by molar-refractivity contribution is 5.92. The van der Waals surface area contributed by atoms with Gasteiger partial charge in [-0.05, 0) is 18.1 Å². The molecular weight excluding hydrogens is 371 g/mol. The molecule has 1 unspecified atom stereocenters. The smallest absolute Gasteiger partial charge is 0.300 e. The van der Waals surface area contributed by atoms with E-state index in [2.05, 4.69) is 10.3 Å². The summed E-state index contributed by atoms with van der Waals surface area (Å²) in [5.41, 5.74) is 0.771. The average molecular weight is 390 g/mol. The lowest BCUT2D eigenvalue weighted by atomic mass is 9.95. The van der Waals surface area contributed by atoms with E-state index >= 15 is 0 Å². The molecule has 28 heavy (non-hydrogen) atoms. The quantitative estimate of drug-likeness (QED) is 0.582. The number of aliphatic hydroxyl groups excluding tert-OH is 3. The highest BCUT2D eigenvalue weighted by Gasteiger charge is 2.48. The average Bonchev–Trinajstić information content (AvgIpc) is 3.17. The minimum Gasteiger partial charge on any atom is -0.394 e. The summed E-state index contributed by atoms with van der Waals surface area (Å²) < 4.78 is 20.1. The van der Waals surface area contributed by atoms with E-state index < -0.39 is 48.9 Å². The number of likely N-dealkylation sites (N-methyl/N-ethyl adjacent to an activating group) is 1. The minimum absolute atomic E-state index is 0.315. The number of aliphatic hydroxyl groups is 3. The van der Waals surface area contributed by atoms with Crippen molar-refractivity contribution in [2.75, 3.05) is 13.7 Å². The predicted octanol–water partition coefficient (Wildman–Crippen LogP) is -0.844. The molecule has 9 nitrogen and oxygen atoms in total. The first-order valence-electron chi connectivity index (χ1n) is 8.41.